The highest BCUT2D eigenvalue weighted by Gasteiger charge is 2.46. The molecule has 2 unspecified atom stereocenters. The predicted molar refractivity (Wildman–Crippen MR) is 101 cm³/mol. The Morgan fingerprint density at radius 2 is 1.53 bits per heavy atom. The summed E-state index contributed by atoms with van der Waals surface area (Å²) < 4.78 is 51.7. The molecular formula is C22H20F4N2O2. The van der Waals surface area contributed by atoms with E-state index in [1.165, 1.54) is 29.2 Å². The van der Waals surface area contributed by atoms with Crippen LogP contribution < -0.4 is 0 Å². The van der Waals surface area contributed by atoms with Gasteiger partial charge in [0.2, 0.25) is 5.91 Å². The molecule has 8 heteroatoms. The van der Waals surface area contributed by atoms with E-state index in [-0.39, 0.29) is 42.2 Å². The number of carbonyl (C=O) groups is 2. The van der Waals surface area contributed by atoms with Crippen molar-refractivity contribution in [1.82, 2.24) is 9.80 Å². The first-order valence-electron chi connectivity index (χ1n) is 9.75. The van der Waals surface area contributed by atoms with Crippen molar-refractivity contribution in [3.05, 3.63) is 71.0 Å². The lowest BCUT2D eigenvalue weighted by atomic mass is 10.1. The van der Waals surface area contributed by atoms with Crippen LogP contribution in [0.5, 0.6) is 0 Å². The molecule has 0 aromatic heterocycles. The van der Waals surface area contributed by atoms with E-state index >= 15 is 0 Å². The molecule has 2 aromatic carbocycles. The lowest BCUT2D eigenvalue weighted by molar-refractivity contribution is -0.137. The van der Waals surface area contributed by atoms with Crippen LogP contribution in [0.3, 0.4) is 0 Å². The molecule has 2 fully saturated rings. The third kappa shape index (κ3) is 4.17. The van der Waals surface area contributed by atoms with Crippen molar-refractivity contribution < 1.29 is 27.2 Å². The van der Waals surface area contributed by atoms with Gasteiger partial charge in [-0.05, 0) is 48.2 Å². The molecule has 1 saturated heterocycles. The van der Waals surface area contributed by atoms with Crippen LogP contribution in [0.4, 0.5) is 17.6 Å². The summed E-state index contributed by atoms with van der Waals surface area (Å²) in [6.45, 7) is 1.23. The van der Waals surface area contributed by atoms with Crippen molar-refractivity contribution >= 4 is 11.8 Å². The summed E-state index contributed by atoms with van der Waals surface area (Å²) in [5, 5.41) is 0. The van der Waals surface area contributed by atoms with Gasteiger partial charge in [0.05, 0.1) is 5.56 Å². The fourth-order valence-electron chi connectivity index (χ4n) is 3.92. The molecule has 0 spiro atoms. The molecule has 1 saturated carbocycles. The van der Waals surface area contributed by atoms with Crippen LogP contribution in [0.25, 0.3) is 0 Å². The second-order valence-corrected chi connectivity index (χ2v) is 7.70. The molecule has 0 radical (unpaired) electrons. The van der Waals surface area contributed by atoms with Crippen LogP contribution in [0.15, 0.2) is 48.5 Å². The summed E-state index contributed by atoms with van der Waals surface area (Å²) in [5.74, 6) is -0.827. The van der Waals surface area contributed by atoms with E-state index in [1.807, 2.05) is 0 Å². The van der Waals surface area contributed by atoms with Gasteiger partial charge in [-0.25, -0.2) is 4.39 Å². The minimum Gasteiger partial charge on any atom is -0.339 e. The fraction of sp³-hybridized carbons (Fsp3) is 0.364. The largest absolute Gasteiger partial charge is 0.416 e. The molecule has 158 valence electrons. The molecule has 2 atom stereocenters. The van der Waals surface area contributed by atoms with Crippen LogP contribution >= 0.6 is 0 Å². The number of nitrogens with zero attached hydrogens (tertiary/aromatic N) is 2. The third-order valence-electron chi connectivity index (χ3n) is 5.72. The number of hydrogen-bond donors (Lipinski definition) is 0. The van der Waals surface area contributed by atoms with E-state index in [0.717, 1.165) is 17.7 Å². The first-order chi connectivity index (χ1) is 14.2. The number of hydrogen-bond acceptors (Lipinski definition) is 2. The summed E-state index contributed by atoms with van der Waals surface area (Å²) in [7, 11) is 0. The van der Waals surface area contributed by atoms with Crippen LogP contribution in [0.1, 0.15) is 33.8 Å². The van der Waals surface area contributed by atoms with Crippen molar-refractivity contribution in [3.63, 3.8) is 0 Å². The fourth-order valence-corrected chi connectivity index (χ4v) is 3.92. The van der Waals surface area contributed by atoms with Gasteiger partial charge in [0, 0.05) is 37.7 Å². The van der Waals surface area contributed by atoms with Crippen LogP contribution in [-0.4, -0.2) is 47.8 Å². The molecule has 2 amide bonds. The second kappa shape index (κ2) is 7.74. The molecule has 2 aliphatic rings. The Balaban J connectivity index is 1.33. The smallest absolute Gasteiger partial charge is 0.339 e. The molecule has 30 heavy (non-hydrogen) atoms. The average Bonchev–Trinajstić information content (AvgIpc) is 3.54. The van der Waals surface area contributed by atoms with Crippen molar-refractivity contribution in [1.29, 1.82) is 0 Å². The van der Waals surface area contributed by atoms with E-state index in [9.17, 15) is 27.2 Å². The van der Waals surface area contributed by atoms with Gasteiger partial charge < -0.3 is 9.80 Å². The highest BCUT2D eigenvalue weighted by atomic mass is 19.4. The van der Waals surface area contributed by atoms with E-state index in [4.69, 9.17) is 0 Å². The molecule has 1 heterocycles. The van der Waals surface area contributed by atoms with Crippen molar-refractivity contribution in [2.24, 2.45) is 5.92 Å². The Hall–Kier alpha value is -2.90. The third-order valence-corrected chi connectivity index (χ3v) is 5.72. The summed E-state index contributed by atoms with van der Waals surface area (Å²) >= 11 is 0. The predicted octanol–water partition coefficient (Wildman–Crippen LogP) is 3.93. The average molecular weight is 420 g/mol. The quantitative estimate of drug-likeness (QED) is 0.706. The molecule has 2 aromatic rings. The maximum atomic E-state index is 13.1. The minimum atomic E-state index is -4.51. The standard InChI is InChI=1S/C22H20F4N2O2/c23-17-6-4-14(5-7-17)18-13-19(18)21(30)28-10-8-27(9-11-28)20(29)15-2-1-3-16(12-15)22(24,25)26/h1-7,12,18-19H,8-11,13H2. The number of benzene rings is 2. The molecule has 4 nitrogen and oxygen atoms in total. The molecule has 1 aliphatic heterocycles. The Morgan fingerprint density at radius 1 is 0.900 bits per heavy atom. The number of piperazine rings is 1. The van der Waals surface area contributed by atoms with E-state index in [1.54, 1.807) is 17.0 Å². The van der Waals surface area contributed by atoms with Gasteiger partial charge in [-0.3, -0.25) is 9.59 Å². The SMILES string of the molecule is O=C(c1cccc(C(F)(F)F)c1)N1CCN(C(=O)C2CC2c2ccc(F)cc2)CC1. The first-order valence-corrected chi connectivity index (χ1v) is 9.75. The van der Waals surface area contributed by atoms with Gasteiger partial charge in [0.15, 0.2) is 0 Å². The van der Waals surface area contributed by atoms with E-state index in [0.29, 0.717) is 19.5 Å². The summed E-state index contributed by atoms with van der Waals surface area (Å²) in [6.07, 6.45) is -3.79. The molecule has 0 bridgehead atoms. The van der Waals surface area contributed by atoms with Crippen LogP contribution in [0.2, 0.25) is 0 Å². The van der Waals surface area contributed by atoms with Gasteiger partial charge in [0.1, 0.15) is 5.82 Å². The highest BCUT2D eigenvalue weighted by Crippen LogP contribution is 2.48. The van der Waals surface area contributed by atoms with Gasteiger partial charge in [-0.1, -0.05) is 18.2 Å². The number of amides is 2. The number of halogens is 4. The lowest BCUT2D eigenvalue weighted by Crippen LogP contribution is -2.51. The van der Waals surface area contributed by atoms with Gasteiger partial charge in [-0.2, -0.15) is 13.2 Å². The van der Waals surface area contributed by atoms with E-state index in [2.05, 4.69) is 0 Å². The summed E-state index contributed by atoms with van der Waals surface area (Å²) in [4.78, 5) is 28.5. The monoisotopic (exact) mass is 420 g/mol. The molecular weight excluding hydrogens is 400 g/mol. The molecule has 4 rings (SSSR count). The van der Waals surface area contributed by atoms with Crippen molar-refractivity contribution in [2.75, 3.05) is 26.2 Å². The minimum absolute atomic E-state index is 0.00972. The maximum absolute atomic E-state index is 13.1. The van der Waals surface area contributed by atoms with E-state index < -0.39 is 17.6 Å². The topological polar surface area (TPSA) is 40.6 Å². The Kier molecular flexibility index (Phi) is 5.26. The lowest BCUT2D eigenvalue weighted by Gasteiger charge is -2.35. The highest BCUT2D eigenvalue weighted by molar-refractivity contribution is 5.94. The number of rotatable bonds is 3. The second-order valence-electron chi connectivity index (χ2n) is 7.70. The summed E-state index contributed by atoms with van der Waals surface area (Å²) in [6, 6.07) is 10.5. The first kappa shape index (κ1) is 20.4. The Labute approximate surface area is 171 Å². The zero-order valence-corrected chi connectivity index (χ0v) is 16.0. The van der Waals surface area contributed by atoms with Crippen molar-refractivity contribution in [3.8, 4) is 0 Å². The van der Waals surface area contributed by atoms with Crippen molar-refractivity contribution in [2.45, 2.75) is 18.5 Å². The number of carbonyl (C=O) groups excluding carboxylic acids is 2. The van der Waals surface area contributed by atoms with Crippen LogP contribution in [0, 0.1) is 11.7 Å². The normalized spacial score (nSPS) is 21.5. The summed E-state index contributed by atoms with van der Waals surface area (Å²) in [5.41, 5.74) is 0.0685. The van der Waals surface area contributed by atoms with Gasteiger partial charge >= 0.3 is 6.18 Å². The molecule has 0 N–H and O–H groups in total. The Morgan fingerprint density at radius 3 is 2.17 bits per heavy atom. The maximum Gasteiger partial charge on any atom is 0.416 e. The number of alkyl halides is 3. The van der Waals surface area contributed by atoms with Crippen LogP contribution in [-0.2, 0) is 11.0 Å². The van der Waals surface area contributed by atoms with Gasteiger partial charge in [0.25, 0.3) is 5.91 Å². The zero-order chi connectivity index (χ0) is 21.5. The zero-order valence-electron chi connectivity index (χ0n) is 16.0. The molecule has 1 aliphatic carbocycles. The van der Waals surface area contributed by atoms with Gasteiger partial charge in [-0.15, -0.1) is 0 Å². The Bertz CT molecular complexity index is 950.